The number of aryl methyl sites for hydroxylation is 2. The molecule has 1 heterocycles. The van der Waals surface area contributed by atoms with Gasteiger partial charge in [-0.15, -0.1) is 0 Å². The van der Waals surface area contributed by atoms with Crippen molar-refractivity contribution in [3.05, 3.63) is 89.7 Å². The summed E-state index contributed by atoms with van der Waals surface area (Å²) in [7, 11) is 0. The van der Waals surface area contributed by atoms with Gasteiger partial charge in [0.15, 0.2) is 12.4 Å². The van der Waals surface area contributed by atoms with E-state index < -0.39 is 0 Å². The summed E-state index contributed by atoms with van der Waals surface area (Å²) in [5.41, 5.74) is 5.28. The fraction of sp³-hybridized carbons (Fsp3) is 0.143. The van der Waals surface area contributed by atoms with Crippen molar-refractivity contribution in [2.45, 2.75) is 20.4 Å². The molecule has 3 rings (SSSR count). The number of pyridine rings is 1. The van der Waals surface area contributed by atoms with Crippen LogP contribution in [0.15, 0.2) is 73.1 Å². The van der Waals surface area contributed by atoms with Crippen LogP contribution in [0.25, 0.3) is 11.1 Å². The maximum absolute atomic E-state index is 12.6. The first-order chi connectivity index (χ1) is 11.1. The zero-order valence-electron chi connectivity index (χ0n) is 13.5. The summed E-state index contributed by atoms with van der Waals surface area (Å²) in [5, 5.41) is 0. The maximum atomic E-state index is 12.6. The van der Waals surface area contributed by atoms with Gasteiger partial charge in [-0.2, -0.15) is 4.57 Å². The summed E-state index contributed by atoms with van der Waals surface area (Å²) in [4.78, 5) is 12.6. The molecule has 2 nitrogen and oxygen atoms in total. The molecule has 0 aliphatic rings. The van der Waals surface area contributed by atoms with Crippen molar-refractivity contribution in [3.8, 4) is 11.1 Å². The summed E-state index contributed by atoms with van der Waals surface area (Å²) in [5.74, 6) is 0.137. The van der Waals surface area contributed by atoms with Crippen LogP contribution in [0.4, 0.5) is 0 Å². The molecule has 0 N–H and O–H groups in total. The highest BCUT2D eigenvalue weighted by molar-refractivity contribution is 5.96. The number of Topliss-reactive ketones (excluding diaryl/α,β-unsaturated/α-hetero) is 1. The van der Waals surface area contributed by atoms with E-state index in [0.29, 0.717) is 6.54 Å². The monoisotopic (exact) mass is 302 g/mol. The van der Waals surface area contributed by atoms with Crippen molar-refractivity contribution >= 4 is 5.78 Å². The summed E-state index contributed by atoms with van der Waals surface area (Å²) in [6.07, 6.45) is 3.96. The van der Waals surface area contributed by atoms with Gasteiger partial charge in [-0.05, 0) is 31.0 Å². The molecule has 0 bridgehead atoms. The lowest BCUT2D eigenvalue weighted by molar-refractivity contribution is -0.682. The van der Waals surface area contributed by atoms with Gasteiger partial charge in [0.05, 0.1) is 0 Å². The Morgan fingerprint density at radius 1 is 0.913 bits per heavy atom. The Balaban J connectivity index is 1.84. The van der Waals surface area contributed by atoms with Crippen LogP contribution in [0.2, 0.25) is 0 Å². The van der Waals surface area contributed by atoms with Gasteiger partial charge in [-0.3, -0.25) is 4.79 Å². The number of rotatable bonds is 4. The van der Waals surface area contributed by atoms with E-state index in [1.54, 1.807) is 0 Å². The Kier molecular flexibility index (Phi) is 4.33. The Bertz CT molecular complexity index is 837. The minimum atomic E-state index is 0.137. The van der Waals surface area contributed by atoms with Gasteiger partial charge in [-0.25, -0.2) is 0 Å². The maximum Gasteiger partial charge on any atom is 0.227 e. The topological polar surface area (TPSA) is 20.9 Å². The van der Waals surface area contributed by atoms with Crippen molar-refractivity contribution in [1.82, 2.24) is 0 Å². The lowest BCUT2D eigenvalue weighted by atomic mass is 10.0. The zero-order valence-corrected chi connectivity index (χ0v) is 13.5. The molecule has 0 radical (unpaired) electrons. The van der Waals surface area contributed by atoms with Gasteiger partial charge in [0.25, 0.3) is 0 Å². The lowest BCUT2D eigenvalue weighted by Crippen LogP contribution is -2.37. The number of hydrogen-bond acceptors (Lipinski definition) is 1. The fourth-order valence-electron chi connectivity index (χ4n) is 2.80. The molecule has 0 saturated heterocycles. The number of hydrogen-bond donors (Lipinski definition) is 0. The van der Waals surface area contributed by atoms with Crippen LogP contribution >= 0.6 is 0 Å². The van der Waals surface area contributed by atoms with Gasteiger partial charge < -0.3 is 0 Å². The molecule has 1 aromatic heterocycles. The van der Waals surface area contributed by atoms with Crippen LogP contribution in [-0.2, 0) is 6.54 Å². The number of carbonyl (C=O) groups excluding carboxylic acids is 1. The molecule has 0 aliphatic carbocycles. The highest BCUT2D eigenvalue weighted by Crippen LogP contribution is 2.16. The normalized spacial score (nSPS) is 10.5. The average molecular weight is 302 g/mol. The Hall–Kier alpha value is -2.74. The summed E-state index contributed by atoms with van der Waals surface area (Å²) in [6.45, 7) is 4.38. The molecule has 0 amide bonds. The van der Waals surface area contributed by atoms with Crippen LogP contribution in [0.5, 0.6) is 0 Å². The lowest BCUT2D eigenvalue weighted by Gasteiger charge is -2.05. The van der Waals surface area contributed by atoms with E-state index in [4.69, 9.17) is 0 Å². The van der Waals surface area contributed by atoms with Crippen molar-refractivity contribution in [2.24, 2.45) is 0 Å². The minimum absolute atomic E-state index is 0.137. The van der Waals surface area contributed by atoms with Crippen LogP contribution in [-0.4, -0.2) is 5.78 Å². The molecular formula is C21H20NO+. The van der Waals surface area contributed by atoms with Crippen LogP contribution < -0.4 is 4.57 Å². The van der Waals surface area contributed by atoms with E-state index in [1.807, 2.05) is 67.2 Å². The van der Waals surface area contributed by atoms with Crippen molar-refractivity contribution in [3.63, 3.8) is 0 Å². The molecule has 0 saturated carbocycles. The number of carbonyl (C=O) groups is 1. The second kappa shape index (κ2) is 6.57. The Morgan fingerprint density at radius 3 is 2.39 bits per heavy atom. The van der Waals surface area contributed by atoms with Gasteiger partial charge in [0, 0.05) is 17.2 Å². The highest BCUT2D eigenvalue weighted by Gasteiger charge is 2.15. The third kappa shape index (κ3) is 3.54. The van der Waals surface area contributed by atoms with Crippen molar-refractivity contribution in [2.75, 3.05) is 0 Å². The predicted octanol–water partition coefficient (Wildman–Crippen LogP) is 4.14. The Labute approximate surface area is 137 Å². The first-order valence-corrected chi connectivity index (χ1v) is 7.78. The van der Waals surface area contributed by atoms with E-state index in [1.165, 1.54) is 5.56 Å². The molecule has 0 unspecified atom stereocenters. The summed E-state index contributed by atoms with van der Waals surface area (Å²) in [6, 6.07) is 20.2. The number of benzene rings is 2. The van der Waals surface area contributed by atoms with Crippen molar-refractivity contribution in [1.29, 1.82) is 0 Å². The van der Waals surface area contributed by atoms with E-state index >= 15 is 0 Å². The quantitative estimate of drug-likeness (QED) is 0.524. The molecule has 114 valence electrons. The molecule has 0 aliphatic heterocycles. The first-order valence-electron chi connectivity index (χ1n) is 7.78. The first kappa shape index (κ1) is 15.2. The second-order valence-corrected chi connectivity index (χ2v) is 5.87. The third-order valence-corrected chi connectivity index (χ3v) is 3.97. The summed E-state index contributed by atoms with van der Waals surface area (Å²) < 4.78 is 1.95. The van der Waals surface area contributed by atoms with E-state index in [0.717, 1.165) is 22.3 Å². The van der Waals surface area contributed by atoms with Crippen LogP contribution in [0.1, 0.15) is 21.5 Å². The SMILES string of the molecule is Cc1ccc(C(=O)C[n+]2cccc(-c3ccccc3)c2)c(C)c1. The van der Waals surface area contributed by atoms with Crippen LogP contribution in [0, 0.1) is 13.8 Å². The number of nitrogens with zero attached hydrogens (tertiary/aromatic N) is 1. The largest absolute Gasteiger partial charge is 0.287 e. The molecular weight excluding hydrogens is 282 g/mol. The zero-order chi connectivity index (χ0) is 16.2. The molecule has 0 spiro atoms. The van der Waals surface area contributed by atoms with Gasteiger partial charge in [0.2, 0.25) is 12.3 Å². The third-order valence-electron chi connectivity index (χ3n) is 3.97. The van der Waals surface area contributed by atoms with Crippen molar-refractivity contribution < 1.29 is 9.36 Å². The van der Waals surface area contributed by atoms with E-state index in [2.05, 4.69) is 24.3 Å². The molecule has 0 fully saturated rings. The fourth-order valence-corrected chi connectivity index (χ4v) is 2.80. The van der Waals surface area contributed by atoms with E-state index in [9.17, 15) is 4.79 Å². The molecule has 2 heteroatoms. The number of aromatic nitrogens is 1. The smallest absolute Gasteiger partial charge is 0.227 e. The minimum Gasteiger partial charge on any atom is -0.287 e. The second-order valence-electron chi connectivity index (χ2n) is 5.87. The van der Waals surface area contributed by atoms with Crippen LogP contribution in [0.3, 0.4) is 0 Å². The Morgan fingerprint density at radius 2 is 1.65 bits per heavy atom. The van der Waals surface area contributed by atoms with Gasteiger partial charge >= 0.3 is 0 Å². The molecule has 2 aromatic carbocycles. The molecule has 3 aromatic rings. The molecule has 23 heavy (non-hydrogen) atoms. The number of ketones is 1. The standard InChI is InChI=1S/C21H20NO/c1-16-10-11-20(17(2)13-16)21(23)15-22-12-6-9-19(14-22)18-7-4-3-5-8-18/h3-14H,15H2,1-2H3/q+1. The summed E-state index contributed by atoms with van der Waals surface area (Å²) >= 11 is 0. The predicted molar refractivity (Wildman–Crippen MR) is 92.3 cm³/mol. The molecule has 0 atom stereocenters. The van der Waals surface area contributed by atoms with E-state index in [-0.39, 0.29) is 5.78 Å². The average Bonchev–Trinajstić information content (AvgIpc) is 2.56. The highest BCUT2D eigenvalue weighted by atomic mass is 16.1. The van der Waals surface area contributed by atoms with Gasteiger partial charge in [-0.1, -0.05) is 54.1 Å². The van der Waals surface area contributed by atoms with Gasteiger partial charge in [0.1, 0.15) is 0 Å².